The number of nitrogens with two attached hydrogens (primary N) is 1. The number of anilines is 1. The van der Waals surface area contributed by atoms with Crippen LogP contribution in [0, 0.1) is 23.2 Å². The van der Waals surface area contributed by atoms with Gasteiger partial charge in [-0.1, -0.05) is 25.1 Å². The number of aromatic hydroxyl groups is 1. The Morgan fingerprint density at radius 2 is 1.93 bits per heavy atom. The lowest BCUT2D eigenvalue weighted by Gasteiger charge is -2.50. The Morgan fingerprint density at radius 3 is 2.73 bits per heavy atom. The Hall–Kier alpha value is -2.90. The maximum absolute atomic E-state index is 13.0. The third-order valence-corrected chi connectivity index (χ3v) is 11.1. The molecule has 0 radical (unpaired) electrons. The molecule has 41 heavy (non-hydrogen) atoms. The van der Waals surface area contributed by atoms with Crippen molar-refractivity contribution in [2.24, 2.45) is 23.2 Å². The number of carbonyl (C=O) groups excluding carboxylic acids is 2. The number of nitrogens with zero attached hydrogens (tertiary/aromatic N) is 1. The van der Waals surface area contributed by atoms with Crippen molar-refractivity contribution in [3.05, 3.63) is 59.2 Å². The number of aliphatic hydroxyl groups is 1. The maximum Gasteiger partial charge on any atom is 0.243 e. The van der Waals surface area contributed by atoms with Gasteiger partial charge in [-0.05, 0) is 141 Å². The maximum atomic E-state index is 13.0. The molecule has 7 nitrogen and oxygen atoms in total. The van der Waals surface area contributed by atoms with E-state index in [2.05, 4.69) is 23.2 Å². The van der Waals surface area contributed by atoms with E-state index in [1.807, 2.05) is 24.3 Å². The molecule has 7 atom stereocenters. The second-order valence-electron chi connectivity index (χ2n) is 13.5. The minimum atomic E-state index is -0.281. The van der Waals surface area contributed by atoms with E-state index in [-0.39, 0.29) is 35.8 Å². The summed E-state index contributed by atoms with van der Waals surface area (Å²) in [6.07, 6.45) is 8.93. The van der Waals surface area contributed by atoms with E-state index in [1.54, 1.807) is 12.1 Å². The predicted molar refractivity (Wildman–Crippen MR) is 159 cm³/mol. The van der Waals surface area contributed by atoms with Gasteiger partial charge in [0, 0.05) is 5.69 Å². The average Bonchev–Trinajstić information content (AvgIpc) is 3.52. The van der Waals surface area contributed by atoms with Crippen molar-refractivity contribution < 1.29 is 19.8 Å². The smallest absolute Gasteiger partial charge is 0.243 e. The Morgan fingerprint density at radius 1 is 1.12 bits per heavy atom. The van der Waals surface area contributed by atoms with E-state index in [9.17, 15) is 19.8 Å². The van der Waals surface area contributed by atoms with E-state index < -0.39 is 0 Å². The van der Waals surface area contributed by atoms with Crippen LogP contribution in [0.3, 0.4) is 0 Å². The number of carbonyl (C=O) groups is 2. The zero-order valence-corrected chi connectivity index (χ0v) is 24.2. The van der Waals surface area contributed by atoms with Gasteiger partial charge in [0.2, 0.25) is 11.8 Å². The van der Waals surface area contributed by atoms with Crippen molar-refractivity contribution in [1.82, 2.24) is 10.2 Å². The topological polar surface area (TPSA) is 116 Å². The lowest BCUT2D eigenvalue weighted by Crippen LogP contribution is -2.46. The Labute approximate surface area is 243 Å². The zero-order chi connectivity index (χ0) is 28.7. The Kier molecular flexibility index (Phi) is 7.86. The lowest BCUT2D eigenvalue weighted by atomic mass is 9.55. The van der Waals surface area contributed by atoms with Gasteiger partial charge in [0.15, 0.2) is 0 Å². The van der Waals surface area contributed by atoms with Crippen molar-refractivity contribution in [1.29, 1.82) is 0 Å². The molecular formula is C34H45N3O4. The number of phenols is 1. The molecule has 0 spiro atoms. The van der Waals surface area contributed by atoms with Crippen LogP contribution >= 0.6 is 0 Å². The molecule has 3 fully saturated rings. The van der Waals surface area contributed by atoms with Crippen LogP contribution in [-0.4, -0.2) is 52.2 Å². The number of nitrogens with one attached hydrogen (secondary N) is 1. The number of hydrogen-bond acceptors (Lipinski definition) is 6. The molecule has 3 aliphatic carbocycles. The standard InChI is InChI=1S/C34H45N3O4/c1-34-15-14-27-26-13-11-25(38)19-22(26)8-12-28(27)29(34)20-23(32(34)40)4-2-16-37-17-3-5-30(37)33(41)36-31(39)18-21-6-9-24(35)10-7-21/h6-7,9-11,13,19,23,27-30,32,38,40H,2-5,8,12,14-18,20,35H2,1H3,(H,36,39,41)/t23-,27+,28+,29-,30-,32-,34-/m0/s1. The van der Waals surface area contributed by atoms with Crippen LogP contribution in [0.2, 0.25) is 0 Å². The minimum absolute atomic E-state index is 0.0266. The van der Waals surface area contributed by atoms with Crippen LogP contribution in [0.5, 0.6) is 5.75 Å². The molecule has 2 amide bonds. The molecule has 0 unspecified atom stereocenters. The first-order chi connectivity index (χ1) is 19.7. The van der Waals surface area contributed by atoms with Gasteiger partial charge in [0.05, 0.1) is 18.6 Å². The van der Waals surface area contributed by atoms with Gasteiger partial charge in [-0.2, -0.15) is 0 Å². The van der Waals surface area contributed by atoms with Gasteiger partial charge >= 0.3 is 0 Å². The van der Waals surface area contributed by atoms with Gasteiger partial charge in [0.1, 0.15) is 5.75 Å². The molecule has 220 valence electrons. The van der Waals surface area contributed by atoms with Crippen LogP contribution < -0.4 is 11.1 Å². The fraction of sp³-hybridized carbons (Fsp3) is 0.588. The molecular weight excluding hydrogens is 514 g/mol. The van der Waals surface area contributed by atoms with Gasteiger partial charge in [-0.15, -0.1) is 0 Å². The molecule has 0 bridgehead atoms. The summed E-state index contributed by atoms with van der Waals surface area (Å²) in [7, 11) is 0. The number of aliphatic hydroxyl groups excluding tert-OH is 1. The first kappa shape index (κ1) is 28.2. The van der Waals surface area contributed by atoms with Gasteiger partial charge in [0.25, 0.3) is 0 Å². The summed E-state index contributed by atoms with van der Waals surface area (Å²) in [5.41, 5.74) is 9.91. The summed E-state index contributed by atoms with van der Waals surface area (Å²) >= 11 is 0. The molecule has 4 aliphatic rings. The zero-order valence-electron chi connectivity index (χ0n) is 24.2. The van der Waals surface area contributed by atoms with Crippen molar-refractivity contribution in [2.75, 3.05) is 18.8 Å². The van der Waals surface area contributed by atoms with Crippen molar-refractivity contribution >= 4 is 17.5 Å². The number of likely N-dealkylation sites (tertiary alicyclic amines) is 1. The largest absolute Gasteiger partial charge is 0.508 e. The molecule has 6 rings (SSSR count). The van der Waals surface area contributed by atoms with Gasteiger partial charge in [-0.3, -0.25) is 19.8 Å². The number of benzene rings is 2. The number of phenolic OH excluding ortho intramolecular Hbond substituents is 1. The summed E-state index contributed by atoms with van der Waals surface area (Å²) in [4.78, 5) is 27.7. The van der Waals surface area contributed by atoms with E-state index in [0.29, 0.717) is 35.1 Å². The quantitative estimate of drug-likeness (QED) is 0.370. The van der Waals surface area contributed by atoms with E-state index in [1.165, 1.54) is 11.1 Å². The van der Waals surface area contributed by atoms with Crippen molar-refractivity contribution in [3.8, 4) is 5.75 Å². The fourth-order valence-corrected chi connectivity index (χ4v) is 9.03. The summed E-state index contributed by atoms with van der Waals surface area (Å²) in [5, 5.41) is 24.2. The molecule has 2 aromatic carbocycles. The highest BCUT2D eigenvalue weighted by Crippen LogP contribution is 2.62. The van der Waals surface area contributed by atoms with Gasteiger partial charge < -0.3 is 15.9 Å². The minimum Gasteiger partial charge on any atom is -0.508 e. The summed E-state index contributed by atoms with van der Waals surface area (Å²) < 4.78 is 0. The third-order valence-electron chi connectivity index (χ3n) is 11.1. The normalized spacial score (nSPS) is 32.6. The van der Waals surface area contributed by atoms with Crippen molar-refractivity contribution in [3.63, 3.8) is 0 Å². The summed E-state index contributed by atoms with van der Waals surface area (Å²) in [6, 6.07) is 12.8. The van der Waals surface area contributed by atoms with Crippen LogP contribution in [-0.2, 0) is 22.4 Å². The predicted octanol–water partition coefficient (Wildman–Crippen LogP) is 4.55. The molecule has 7 heteroatoms. The molecule has 0 aromatic heterocycles. The monoisotopic (exact) mass is 559 g/mol. The van der Waals surface area contributed by atoms with Crippen molar-refractivity contribution in [2.45, 2.75) is 89.2 Å². The average molecular weight is 560 g/mol. The highest BCUT2D eigenvalue weighted by molar-refractivity contribution is 5.98. The number of nitrogen functional groups attached to an aromatic ring is 1. The number of hydrogen-bond donors (Lipinski definition) is 4. The summed E-state index contributed by atoms with van der Waals surface area (Å²) in [5.74, 6) is 1.85. The molecule has 1 saturated heterocycles. The van der Waals surface area contributed by atoms with Crippen LogP contribution in [0.1, 0.15) is 80.9 Å². The van der Waals surface area contributed by atoms with Gasteiger partial charge in [-0.25, -0.2) is 0 Å². The van der Waals surface area contributed by atoms with E-state index in [0.717, 1.165) is 76.4 Å². The second kappa shape index (κ2) is 11.4. The molecule has 2 aromatic rings. The third kappa shape index (κ3) is 5.51. The molecule has 1 heterocycles. The van der Waals surface area contributed by atoms with E-state index in [4.69, 9.17) is 5.73 Å². The van der Waals surface area contributed by atoms with Crippen LogP contribution in [0.25, 0.3) is 0 Å². The second-order valence-corrected chi connectivity index (χ2v) is 13.5. The number of amides is 2. The lowest BCUT2D eigenvalue weighted by molar-refractivity contribution is -0.132. The Balaban J connectivity index is 1.02. The number of imide groups is 1. The molecule has 5 N–H and O–H groups in total. The van der Waals surface area contributed by atoms with E-state index >= 15 is 0 Å². The number of fused-ring (bicyclic) bond motifs is 5. The molecule has 2 saturated carbocycles. The van der Waals surface area contributed by atoms with Crippen LogP contribution in [0.15, 0.2) is 42.5 Å². The first-order valence-electron chi connectivity index (χ1n) is 15.6. The highest BCUT2D eigenvalue weighted by Gasteiger charge is 2.57. The fourth-order valence-electron chi connectivity index (χ4n) is 9.03. The number of rotatable bonds is 7. The molecule has 1 aliphatic heterocycles. The number of aryl methyl sites for hydroxylation is 1. The summed E-state index contributed by atoms with van der Waals surface area (Å²) in [6.45, 7) is 4.02. The Bertz CT molecular complexity index is 1280. The SMILES string of the molecule is C[C@]12CC[C@@H]3c4ccc(O)cc4CC[C@H]3[C@@H]1C[C@H](CCCN1CCC[C@H]1C(=O)NC(=O)Cc1ccc(N)cc1)[C@@H]2O. The van der Waals surface area contributed by atoms with Crippen LogP contribution in [0.4, 0.5) is 5.69 Å². The highest BCUT2D eigenvalue weighted by atomic mass is 16.3. The first-order valence-corrected chi connectivity index (χ1v) is 15.6.